The number of carbonyl (C=O) groups is 4. The van der Waals surface area contributed by atoms with Crippen molar-refractivity contribution in [1.82, 2.24) is 39.3 Å². The number of amides is 4. The summed E-state index contributed by atoms with van der Waals surface area (Å²) in [5.41, 5.74) is 2.25. The van der Waals surface area contributed by atoms with Crippen molar-refractivity contribution in [3.8, 4) is 0 Å². The summed E-state index contributed by atoms with van der Waals surface area (Å²) < 4.78 is 3.75. The average molecular weight is 583 g/mol. The van der Waals surface area contributed by atoms with E-state index in [0.29, 0.717) is 57.6 Å². The summed E-state index contributed by atoms with van der Waals surface area (Å²) in [5.74, 6) is 0.627. The Morgan fingerprint density at radius 2 is 1.90 bits per heavy atom. The lowest BCUT2D eigenvalue weighted by Gasteiger charge is -2.34. The van der Waals surface area contributed by atoms with Crippen LogP contribution in [0.15, 0.2) is 12.4 Å². The number of aryl methyl sites for hydroxylation is 3. The summed E-state index contributed by atoms with van der Waals surface area (Å²) in [6, 6.07) is -0.0794. The number of rotatable bonds is 6. The van der Waals surface area contributed by atoms with E-state index < -0.39 is 0 Å². The first-order valence-electron chi connectivity index (χ1n) is 15.2. The maximum atomic E-state index is 13.4. The zero-order chi connectivity index (χ0) is 30.4. The monoisotopic (exact) mass is 582 g/mol. The predicted octanol–water partition coefficient (Wildman–Crippen LogP) is 1.42. The Bertz CT molecular complexity index is 1280. The number of hydrogen-bond donors (Lipinski definition) is 1. The zero-order valence-electron chi connectivity index (χ0n) is 25.8. The molecule has 2 aliphatic rings. The van der Waals surface area contributed by atoms with E-state index in [-0.39, 0.29) is 55.1 Å². The zero-order valence-corrected chi connectivity index (χ0v) is 25.8. The standard InChI is InChI=1S/C30H46N8O4/c1-6-25-31-12-16-36(25)15-11-27(40)37-14-7-8-26(39)38(19-21(2)3)20-28(41)34(4)22-9-10-24-23(18-22)29(33-35(24)5)30(42)32-13-17-37/h12,16,21-22H,6-11,13-15,17-20H2,1-5H3,(H,32,42). The normalized spacial score (nSPS) is 19.3. The van der Waals surface area contributed by atoms with Crippen LogP contribution in [0.1, 0.15) is 74.0 Å². The number of nitrogens with zero attached hydrogens (tertiary/aromatic N) is 7. The molecule has 1 N–H and O–H groups in total. The van der Waals surface area contributed by atoms with E-state index >= 15 is 0 Å². The second-order valence-corrected chi connectivity index (χ2v) is 11.8. The van der Waals surface area contributed by atoms with E-state index in [1.807, 2.05) is 38.6 Å². The number of fused-ring (bicyclic) bond motifs is 1. The van der Waals surface area contributed by atoms with Gasteiger partial charge in [0, 0.05) is 95.8 Å². The first-order valence-corrected chi connectivity index (χ1v) is 15.2. The Balaban J connectivity index is 1.55. The van der Waals surface area contributed by atoms with E-state index in [0.717, 1.165) is 29.9 Å². The predicted molar refractivity (Wildman–Crippen MR) is 158 cm³/mol. The SMILES string of the molecule is CCc1nccn1CCC(=O)N1CCCC(=O)N(CC(C)C)CC(=O)N(C)C2CCc3c(c(nn3C)C(=O)NCC1)C2. The molecule has 230 valence electrons. The van der Waals surface area contributed by atoms with Crippen LogP contribution in [0.25, 0.3) is 0 Å². The molecule has 1 aliphatic heterocycles. The van der Waals surface area contributed by atoms with E-state index in [1.165, 1.54) is 0 Å². The van der Waals surface area contributed by atoms with E-state index in [1.54, 1.807) is 32.6 Å². The Kier molecular flexibility index (Phi) is 10.4. The Hall–Kier alpha value is -3.70. The minimum absolute atomic E-state index is 0.0184. The van der Waals surface area contributed by atoms with Gasteiger partial charge in [-0.15, -0.1) is 0 Å². The van der Waals surface area contributed by atoms with Crippen molar-refractivity contribution in [2.45, 2.75) is 78.3 Å². The summed E-state index contributed by atoms with van der Waals surface area (Å²) in [7, 11) is 3.63. The first kappa shape index (κ1) is 31.2. The largest absolute Gasteiger partial charge is 0.349 e. The number of likely N-dealkylation sites (N-methyl/N-ethyl adjacent to an activating group) is 1. The fourth-order valence-electron chi connectivity index (χ4n) is 6.02. The molecule has 2 aromatic heterocycles. The highest BCUT2D eigenvalue weighted by Crippen LogP contribution is 2.27. The molecule has 12 nitrogen and oxygen atoms in total. The molecule has 4 rings (SSSR count). The lowest BCUT2D eigenvalue weighted by atomic mass is 9.90. The van der Waals surface area contributed by atoms with Crippen molar-refractivity contribution in [3.05, 3.63) is 35.2 Å². The van der Waals surface area contributed by atoms with Crippen LogP contribution in [0.4, 0.5) is 0 Å². The Morgan fingerprint density at radius 1 is 1.12 bits per heavy atom. The molecule has 12 heteroatoms. The van der Waals surface area contributed by atoms with Gasteiger partial charge in [-0.05, 0) is 31.6 Å². The van der Waals surface area contributed by atoms with Gasteiger partial charge in [-0.1, -0.05) is 20.8 Å². The molecule has 1 unspecified atom stereocenters. The highest BCUT2D eigenvalue weighted by Gasteiger charge is 2.32. The summed E-state index contributed by atoms with van der Waals surface area (Å²) in [6.07, 6.45) is 7.41. The van der Waals surface area contributed by atoms with Crippen LogP contribution in [0.5, 0.6) is 0 Å². The van der Waals surface area contributed by atoms with Crippen LogP contribution < -0.4 is 5.32 Å². The molecule has 0 radical (unpaired) electrons. The molecule has 2 aromatic rings. The summed E-state index contributed by atoms with van der Waals surface area (Å²) in [4.78, 5) is 62.8. The van der Waals surface area contributed by atoms with Gasteiger partial charge in [0.25, 0.3) is 5.91 Å². The molecule has 0 aromatic carbocycles. The van der Waals surface area contributed by atoms with Gasteiger partial charge >= 0.3 is 0 Å². The van der Waals surface area contributed by atoms with Gasteiger partial charge in [0.15, 0.2) is 5.69 Å². The molecule has 4 amide bonds. The van der Waals surface area contributed by atoms with E-state index in [4.69, 9.17) is 0 Å². The maximum Gasteiger partial charge on any atom is 0.272 e. The second-order valence-electron chi connectivity index (χ2n) is 11.8. The Morgan fingerprint density at radius 3 is 2.64 bits per heavy atom. The molecular formula is C30H46N8O4. The van der Waals surface area contributed by atoms with Crippen LogP contribution in [-0.2, 0) is 47.2 Å². The summed E-state index contributed by atoms with van der Waals surface area (Å²) in [5, 5.41) is 7.50. The lowest BCUT2D eigenvalue weighted by Crippen LogP contribution is -2.47. The number of nitrogens with one attached hydrogen (secondary N) is 1. The molecular weight excluding hydrogens is 536 g/mol. The molecule has 1 aliphatic carbocycles. The molecule has 1 atom stereocenters. The summed E-state index contributed by atoms with van der Waals surface area (Å²) >= 11 is 0. The number of carbonyl (C=O) groups excluding carboxylic acids is 4. The van der Waals surface area contributed by atoms with Crippen LogP contribution in [0, 0.1) is 5.92 Å². The van der Waals surface area contributed by atoms with Crippen LogP contribution in [-0.4, -0.2) is 103 Å². The molecule has 42 heavy (non-hydrogen) atoms. The first-order chi connectivity index (χ1) is 20.1. The van der Waals surface area contributed by atoms with E-state index in [9.17, 15) is 19.2 Å². The van der Waals surface area contributed by atoms with Crippen molar-refractivity contribution in [2.75, 3.05) is 39.8 Å². The van der Waals surface area contributed by atoms with Crippen molar-refractivity contribution >= 4 is 23.6 Å². The van der Waals surface area contributed by atoms with Gasteiger partial charge in [0.05, 0.1) is 6.54 Å². The smallest absolute Gasteiger partial charge is 0.272 e. The fraction of sp³-hybridized carbons (Fsp3) is 0.667. The highest BCUT2D eigenvalue weighted by molar-refractivity contribution is 5.94. The quantitative estimate of drug-likeness (QED) is 0.549. The van der Waals surface area contributed by atoms with Crippen molar-refractivity contribution in [3.63, 3.8) is 0 Å². The third-order valence-electron chi connectivity index (χ3n) is 8.37. The average Bonchev–Trinajstić information content (AvgIpc) is 3.56. The van der Waals surface area contributed by atoms with Gasteiger partial charge in [-0.2, -0.15) is 5.10 Å². The third-order valence-corrected chi connectivity index (χ3v) is 8.37. The maximum absolute atomic E-state index is 13.4. The molecule has 0 spiro atoms. The van der Waals surface area contributed by atoms with Gasteiger partial charge in [-0.3, -0.25) is 23.9 Å². The van der Waals surface area contributed by atoms with Crippen molar-refractivity contribution in [1.29, 1.82) is 0 Å². The fourth-order valence-corrected chi connectivity index (χ4v) is 6.02. The molecule has 0 saturated heterocycles. The number of imidazole rings is 1. The minimum atomic E-state index is -0.275. The summed E-state index contributed by atoms with van der Waals surface area (Å²) in [6.45, 7) is 8.11. The van der Waals surface area contributed by atoms with Crippen LogP contribution in [0.3, 0.4) is 0 Å². The minimum Gasteiger partial charge on any atom is -0.349 e. The number of hydrogen-bond acceptors (Lipinski definition) is 6. The number of aromatic nitrogens is 4. The Labute approximate surface area is 248 Å². The van der Waals surface area contributed by atoms with E-state index in [2.05, 4.69) is 15.4 Å². The highest BCUT2D eigenvalue weighted by atomic mass is 16.2. The van der Waals surface area contributed by atoms with Crippen LogP contribution in [0.2, 0.25) is 0 Å². The second kappa shape index (κ2) is 14.0. The topological polar surface area (TPSA) is 126 Å². The molecule has 2 bridgehead atoms. The van der Waals surface area contributed by atoms with Crippen LogP contribution >= 0.6 is 0 Å². The molecule has 0 fully saturated rings. The van der Waals surface area contributed by atoms with Gasteiger partial charge in [0.1, 0.15) is 5.82 Å². The molecule has 0 saturated carbocycles. The molecule has 3 heterocycles. The van der Waals surface area contributed by atoms with Gasteiger partial charge in [-0.25, -0.2) is 4.98 Å². The van der Waals surface area contributed by atoms with Gasteiger partial charge < -0.3 is 24.6 Å². The van der Waals surface area contributed by atoms with Crippen molar-refractivity contribution < 1.29 is 19.2 Å². The van der Waals surface area contributed by atoms with Gasteiger partial charge in [0.2, 0.25) is 17.7 Å². The lowest BCUT2D eigenvalue weighted by molar-refractivity contribution is -0.141. The van der Waals surface area contributed by atoms with Crippen molar-refractivity contribution in [2.24, 2.45) is 13.0 Å². The third kappa shape index (κ3) is 7.38.